The van der Waals surface area contributed by atoms with E-state index in [1.165, 1.54) is 0 Å². The second-order valence-electron chi connectivity index (χ2n) is 5.79. The van der Waals surface area contributed by atoms with E-state index in [2.05, 4.69) is 21.2 Å². The molecule has 0 bridgehead atoms. The number of methoxy groups -OCH3 is 3. The summed E-state index contributed by atoms with van der Waals surface area (Å²) in [6, 6.07) is 11.5. The highest BCUT2D eigenvalue weighted by atomic mass is 79.9. The Morgan fingerprint density at radius 2 is 1.62 bits per heavy atom. The van der Waals surface area contributed by atoms with Gasteiger partial charge >= 0.3 is 0 Å². The zero-order valence-electron chi connectivity index (χ0n) is 15.5. The smallest absolute Gasteiger partial charge is 0.224 e. The Morgan fingerprint density at radius 3 is 2.08 bits per heavy atom. The molecule has 0 spiro atoms. The van der Waals surface area contributed by atoms with E-state index in [0.29, 0.717) is 17.2 Å². The number of hydrogen-bond donors (Lipinski definition) is 1. The van der Waals surface area contributed by atoms with Crippen LogP contribution in [-0.2, 0) is 11.2 Å². The second kappa shape index (κ2) is 9.48. The zero-order valence-corrected chi connectivity index (χ0v) is 17.1. The van der Waals surface area contributed by atoms with Crippen molar-refractivity contribution in [3.63, 3.8) is 0 Å². The monoisotopic (exact) mass is 421 g/mol. The van der Waals surface area contributed by atoms with E-state index in [9.17, 15) is 4.79 Å². The summed E-state index contributed by atoms with van der Waals surface area (Å²) in [5, 5.41) is 3.09. The standard InChI is InChI=1S/C20H24BrNO4/c1-5-16(14-6-8-15(21)9-7-14)22-19(23)12-13-10-17(24-2)20(26-4)18(11-13)25-3/h6-11,16H,5,12H2,1-4H3,(H,22,23). The highest BCUT2D eigenvalue weighted by Crippen LogP contribution is 2.38. The number of halogens is 1. The van der Waals surface area contributed by atoms with Crippen LogP contribution < -0.4 is 19.5 Å². The van der Waals surface area contributed by atoms with Crippen LogP contribution in [0.3, 0.4) is 0 Å². The van der Waals surface area contributed by atoms with Gasteiger partial charge in [0.25, 0.3) is 0 Å². The lowest BCUT2D eigenvalue weighted by atomic mass is 10.0. The summed E-state index contributed by atoms with van der Waals surface area (Å²) in [4.78, 5) is 12.5. The minimum Gasteiger partial charge on any atom is -0.493 e. The molecule has 1 amide bonds. The molecule has 0 radical (unpaired) electrons. The fourth-order valence-corrected chi connectivity index (χ4v) is 3.05. The van der Waals surface area contributed by atoms with Gasteiger partial charge < -0.3 is 19.5 Å². The van der Waals surface area contributed by atoms with Gasteiger partial charge in [-0.2, -0.15) is 0 Å². The Labute approximate surface area is 162 Å². The maximum atomic E-state index is 12.5. The van der Waals surface area contributed by atoms with Crippen molar-refractivity contribution >= 4 is 21.8 Å². The summed E-state index contributed by atoms with van der Waals surface area (Å²) >= 11 is 3.43. The minimum atomic E-state index is -0.0611. The van der Waals surface area contributed by atoms with E-state index < -0.39 is 0 Å². The molecule has 140 valence electrons. The second-order valence-corrected chi connectivity index (χ2v) is 6.71. The molecule has 2 rings (SSSR count). The normalized spacial score (nSPS) is 11.6. The van der Waals surface area contributed by atoms with E-state index in [0.717, 1.165) is 22.0 Å². The molecule has 0 saturated heterocycles. The van der Waals surface area contributed by atoms with Gasteiger partial charge in [0.15, 0.2) is 11.5 Å². The summed E-state index contributed by atoms with van der Waals surface area (Å²) in [5.41, 5.74) is 1.87. The molecular weight excluding hydrogens is 398 g/mol. The van der Waals surface area contributed by atoms with Crippen LogP contribution in [0.15, 0.2) is 40.9 Å². The van der Waals surface area contributed by atoms with Gasteiger partial charge in [-0.15, -0.1) is 0 Å². The van der Waals surface area contributed by atoms with Crippen molar-refractivity contribution in [2.75, 3.05) is 21.3 Å². The molecule has 0 fully saturated rings. The van der Waals surface area contributed by atoms with Crippen LogP contribution in [0.5, 0.6) is 17.2 Å². The van der Waals surface area contributed by atoms with Crippen molar-refractivity contribution in [1.29, 1.82) is 0 Å². The van der Waals surface area contributed by atoms with Crippen molar-refractivity contribution in [2.24, 2.45) is 0 Å². The lowest BCUT2D eigenvalue weighted by Gasteiger charge is -2.18. The molecule has 1 unspecified atom stereocenters. The van der Waals surface area contributed by atoms with Crippen LogP contribution in [0, 0.1) is 0 Å². The first kappa shape index (κ1) is 20.1. The maximum absolute atomic E-state index is 12.5. The molecule has 26 heavy (non-hydrogen) atoms. The topological polar surface area (TPSA) is 56.8 Å². The lowest BCUT2D eigenvalue weighted by Crippen LogP contribution is -2.29. The highest BCUT2D eigenvalue weighted by Gasteiger charge is 2.17. The van der Waals surface area contributed by atoms with Gasteiger partial charge in [-0.1, -0.05) is 35.0 Å². The van der Waals surface area contributed by atoms with Gasteiger partial charge in [0, 0.05) is 4.47 Å². The SMILES string of the molecule is CCC(NC(=O)Cc1cc(OC)c(OC)c(OC)c1)c1ccc(Br)cc1. The molecule has 1 atom stereocenters. The third-order valence-electron chi connectivity index (χ3n) is 4.11. The number of carbonyl (C=O) groups excluding carboxylic acids is 1. The van der Waals surface area contributed by atoms with Crippen LogP contribution in [0.1, 0.15) is 30.5 Å². The van der Waals surface area contributed by atoms with Gasteiger partial charge in [0.05, 0.1) is 33.8 Å². The Balaban J connectivity index is 2.14. The first-order valence-corrected chi connectivity index (χ1v) is 9.15. The molecule has 5 nitrogen and oxygen atoms in total. The van der Waals surface area contributed by atoms with Crippen molar-refractivity contribution in [1.82, 2.24) is 5.32 Å². The summed E-state index contributed by atoms with van der Waals surface area (Å²) in [5.74, 6) is 1.53. The van der Waals surface area contributed by atoms with Crippen LogP contribution in [0.4, 0.5) is 0 Å². The van der Waals surface area contributed by atoms with Gasteiger partial charge in [-0.3, -0.25) is 4.79 Å². The average molecular weight is 422 g/mol. The summed E-state index contributed by atoms with van der Waals surface area (Å²) in [6.07, 6.45) is 1.03. The molecule has 2 aromatic carbocycles. The van der Waals surface area contributed by atoms with Crippen molar-refractivity contribution < 1.29 is 19.0 Å². The fraction of sp³-hybridized carbons (Fsp3) is 0.350. The molecule has 1 N–H and O–H groups in total. The predicted octanol–water partition coefficient (Wildman–Crippen LogP) is 4.28. The maximum Gasteiger partial charge on any atom is 0.224 e. The summed E-state index contributed by atoms with van der Waals surface area (Å²) < 4.78 is 17.0. The van der Waals surface area contributed by atoms with E-state index in [-0.39, 0.29) is 18.4 Å². The lowest BCUT2D eigenvalue weighted by molar-refractivity contribution is -0.121. The third-order valence-corrected chi connectivity index (χ3v) is 4.63. The molecule has 2 aromatic rings. The van der Waals surface area contributed by atoms with Crippen molar-refractivity contribution in [2.45, 2.75) is 25.8 Å². The molecule has 0 aliphatic rings. The Hall–Kier alpha value is -2.21. The zero-order chi connectivity index (χ0) is 19.1. The first-order valence-electron chi connectivity index (χ1n) is 8.36. The van der Waals surface area contributed by atoms with Crippen LogP contribution in [-0.4, -0.2) is 27.2 Å². The number of amides is 1. The number of carbonyl (C=O) groups is 1. The van der Waals surface area contributed by atoms with Gasteiger partial charge in [-0.05, 0) is 41.8 Å². The molecule has 6 heteroatoms. The number of nitrogens with one attached hydrogen (secondary N) is 1. The van der Waals surface area contributed by atoms with Crippen LogP contribution in [0.2, 0.25) is 0 Å². The van der Waals surface area contributed by atoms with Gasteiger partial charge in [0.2, 0.25) is 11.7 Å². The van der Waals surface area contributed by atoms with E-state index in [1.807, 2.05) is 31.2 Å². The van der Waals surface area contributed by atoms with Crippen molar-refractivity contribution in [3.05, 3.63) is 52.0 Å². The number of hydrogen-bond acceptors (Lipinski definition) is 4. The third kappa shape index (κ3) is 4.91. The minimum absolute atomic E-state index is 0.0300. The number of rotatable bonds is 8. The average Bonchev–Trinajstić information content (AvgIpc) is 2.65. The van der Waals surface area contributed by atoms with Gasteiger partial charge in [-0.25, -0.2) is 0 Å². The molecule has 0 saturated carbocycles. The van der Waals surface area contributed by atoms with E-state index in [4.69, 9.17) is 14.2 Å². The summed E-state index contributed by atoms with van der Waals surface area (Å²) in [6.45, 7) is 2.05. The highest BCUT2D eigenvalue weighted by molar-refractivity contribution is 9.10. The van der Waals surface area contributed by atoms with E-state index >= 15 is 0 Å². The Morgan fingerprint density at radius 1 is 1.04 bits per heavy atom. The predicted molar refractivity (Wildman–Crippen MR) is 105 cm³/mol. The fourth-order valence-electron chi connectivity index (χ4n) is 2.78. The van der Waals surface area contributed by atoms with Crippen LogP contribution >= 0.6 is 15.9 Å². The molecule has 0 aromatic heterocycles. The molecular formula is C20H24BrNO4. The molecule has 0 aliphatic carbocycles. The number of benzene rings is 2. The number of ether oxygens (including phenoxy) is 3. The summed E-state index contributed by atoms with van der Waals surface area (Å²) in [7, 11) is 4.67. The Bertz CT molecular complexity index is 721. The quantitative estimate of drug-likeness (QED) is 0.690. The first-order chi connectivity index (χ1) is 12.5. The molecule has 0 heterocycles. The Kier molecular flexibility index (Phi) is 7.33. The van der Waals surface area contributed by atoms with Gasteiger partial charge in [0.1, 0.15) is 0 Å². The van der Waals surface area contributed by atoms with Crippen LogP contribution in [0.25, 0.3) is 0 Å². The van der Waals surface area contributed by atoms with E-state index in [1.54, 1.807) is 33.5 Å². The molecule has 0 aliphatic heterocycles. The largest absolute Gasteiger partial charge is 0.493 e. The van der Waals surface area contributed by atoms with Crippen molar-refractivity contribution in [3.8, 4) is 17.2 Å².